The van der Waals surface area contributed by atoms with E-state index in [-0.39, 0.29) is 5.92 Å². The number of pyridine rings is 1. The molecule has 1 aromatic heterocycles. The molecule has 1 N–H and O–H groups in total. The molecule has 3 nitrogen and oxygen atoms in total. The lowest BCUT2D eigenvalue weighted by Crippen LogP contribution is -2.01. The van der Waals surface area contributed by atoms with Crippen LogP contribution in [0.2, 0.25) is 0 Å². The minimum Gasteiger partial charge on any atom is -0.300 e. The Bertz CT molecular complexity index is 1420. The fraction of sp³-hybridized carbons (Fsp3) is 0.0938. The molecule has 172 valence electrons. The Morgan fingerprint density at radius 3 is 2.43 bits per heavy atom. The van der Waals surface area contributed by atoms with E-state index in [1.165, 1.54) is 16.3 Å². The summed E-state index contributed by atoms with van der Waals surface area (Å²) in [6.07, 6.45) is 11.6. The molecule has 1 heterocycles. The SMILES string of the molecule is C=N/C(=C\C(=N)c1ccc(-c2cccc3ccccc23)cc1)[C@@H](C)/C=C(\C=C/C)c1cccnc1. The van der Waals surface area contributed by atoms with Crippen LogP contribution in [0.1, 0.15) is 25.0 Å². The van der Waals surface area contributed by atoms with Crippen molar-refractivity contribution in [3.8, 4) is 11.1 Å². The predicted octanol–water partition coefficient (Wildman–Crippen LogP) is 8.15. The van der Waals surface area contributed by atoms with Crippen molar-refractivity contribution in [3.63, 3.8) is 0 Å². The number of nitrogens with zero attached hydrogens (tertiary/aromatic N) is 2. The lowest BCUT2D eigenvalue weighted by Gasteiger charge is -2.11. The Morgan fingerprint density at radius 1 is 0.943 bits per heavy atom. The second kappa shape index (κ2) is 11.2. The van der Waals surface area contributed by atoms with Crippen molar-refractivity contribution in [2.45, 2.75) is 13.8 Å². The van der Waals surface area contributed by atoms with E-state index in [9.17, 15) is 0 Å². The number of hydrogen-bond acceptors (Lipinski definition) is 3. The average molecular weight is 456 g/mol. The molecule has 0 aliphatic carbocycles. The Hall–Kier alpha value is -4.37. The minimum absolute atomic E-state index is 0.0192. The van der Waals surface area contributed by atoms with Gasteiger partial charge in [0.05, 0.1) is 5.71 Å². The van der Waals surface area contributed by atoms with Crippen LogP contribution >= 0.6 is 0 Å². The van der Waals surface area contributed by atoms with Crippen molar-refractivity contribution in [2.24, 2.45) is 10.9 Å². The number of aliphatic imine (C=N–C) groups is 1. The van der Waals surface area contributed by atoms with Crippen LogP contribution in [0.15, 0.2) is 126 Å². The van der Waals surface area contributed by atoms with Gasteiger partial charge in [0, 0.05) is 24.0 Å². The molecular weight excluding hydrogens is 426 g/mol. The van der Waals surface area contributed by atoms with E-state index in [0.717, 1.165) is 28.0 Å². The number of rotatable bonds is 8. The number of fused-ring (bicyclic) bond motifs is 1. The second-order valence-corrected chi connectivity index (χ2v) is 8.40. The van der Waals surface area contributed by atoms with Gasteiger partial charge in [0.2, 0.25) is 0 Å². The van der Waals surface area contributed by atoms with Gasteiger partial charge in [0.15, 0.2) is 0 Å². The smallest absolute Gasteiger partial charge is 0.0630 e. The quantitative estimate of drug-likeness (QED) is 0.211. The summed E-state index contributed by atoms with van der Waals surface area (Å²) in [5.74, 6) is -0.0192. The molecule has 0 amide bonds. The zero-order chi connectivity index (χ0) is 24.6. The first-order chi connectivity index (χ1) is 17.1. The molecule has 3 heteroatoms. The van der Waals surface area contributed by atoms with Gasteiger partial charge in [-0.2, -0.15) is 0 Å². The normalized spacial score (nSPS) is 13.2. The van der Waals surface area contributed by atoms with E-state index in [1.807, 2.05) is 43.5 Å². The van der Waals surface area contributed by atoms with E-state index in [1.54, 1.807) is 12.3 Å². The first-order valence-corrected chi connectivity index (χ1v) is 11.7. The van der Waals surface area contributed by atoms with Crippen LogP contribution in [-0.2, 0) is 0 Å². The van der Waals surface area contributed by atoms with Crippen LogP contribution < -0.4 is 0 Å². The summed E-state index contributed by atoms with van der Waals surface area (Å²) < 4.78 is 0. The van der Waals surface area contributed by atoms with Gasteiger partial charge in [-0.05, 0) is 64.4 Å². The zero-order valence-corrected chi connectivity index (χ0v) is 20.1. The van der Waals surface area contributed by atoms with E-state index >= 15 is 0 Å². The molecular formula is C32H29N3. The standard InChI is InChI=1S/C32H29N3/c1-4-9-27(28-12-8-19-35-22-28)20-23(2)32(34-3)21-31(33)26-17-15-25(16-18-26)30-14-7-11-24-10-5-6-13-29(24)30/h4-23,33H,3H2,1-2H3/b9-4-,27-20+,32-21-,33-31?/t23-/m0/s1. The molecule has 3 aromatic carbocycles. The highest BCUT2D eigenvalue weighted by Crippen LogP contribution is 2.29. The molecule has 1 atom stereocenters. The molecule has 35 heavy (non-hydrogen) atoms. The molecule has 0 bridgehead atoms. The predicted molar refractivity (Wildman–Crippen MR) is 150 cm³/mol. The van der Waals surface area contributed by atoms with E-state index in [0.29, 0.717) is 5.71 Å². The van der Waals surface area contributed by atoms with Crippen LogP contribution in [0.25, 0.3) is 27.5 Å². The van der Waals surface area contributed by atoms with Gasteiger partial charge < -0.3 is 5.41 Å². The van der Waals surface area contributed by atoms with Crippen molar-refractivity contribution in [1.82, 2.24) is 4.98 Å². The topological polar surface area (TPSA) is 49.1 Å². The minimum atomic E-state index is -0.0192. The molecule has 0 unspecified atom stereocenters. The fourth-order valence-electron chi connectivity index (χ4n) is 4.17. The monoisotopic (exact) mass is 455 g/mol. The third-order valence-corrected chi connectivity index (χ3v) is 6.01. The summed E-state index contributed by atoms with van der Waals surface area (Å²) in [5, 5.41) is 11.1. The summed E-state index contributed by atoms with van der Waals surface area (Å²) in [6, 6.07) is 26.9. The molecule has 0 aliphatic rings. The van der Waals surface area contributed by atoms with Gasteiger partial charge in [0.1, 0.15) is 0 Å². The fourth-order valence-corrected chi connectivity index (χ4v) is 4.17. The van der Waals surface area contributed by atoms with Crippen molar-refractivity contribution in [3.05, 3.63) is 132 Å². The number of nitrogens with one attached hydrogen (secondary N) is 1. The van der Waals surface area contributed by atoms with Crippen molar-refractivity contribution in [2.75, 3.05) is 0 Å². The summed E-state index contributed by atoms with van der Waals surface area (Å²) in [6.45, 7) is 7.82. The van der Waals surface area contributed by atoms with Gasteiger partial charge in [-0.25, -0.2) is 0 Å². The maximum absolute atomic E-state index is 8.68. The Kier molecular flexibility index (Phi) is 7.59. The largest absolute Gasteiger partial charge is 0.300 e. The lowest BCUT2D eigenvalue weighted by molar-refractivity contribution is 0.854. The zero-order valence-electron chi connectivity index (χ0n) is 20.1. The molecule has 0 radical (unpaired) electrons. The van der Waals surface area contributed by atoms with Crippen LogP contribution in [0.3, 0.4) is 0 Å². The van der Waals surface area contributed by atoms with Crippen LogP contribution in [-0.4, -0.2) is 17.4 Å². The summed E-state index contributed by atoms with van der Waals surface area (Å²) >= 11 is 0. The molecule has 0 fully saturated rings. The number of hydrogen-bond donors (Lipinski definition) is 1. The third-order valence-electron chi connectivity index (χ3n) is 6.01. The average Bonchev–Trinajstić information content (AvgIpc) is 2.91. The molecule has 0 aliphatic heterocycles. The van der Waals surface area contributed by atoms with Crippen molar-refractivity contribution < 1.29 is 0 Å². The first-order valence-electron chi connectivity index (χ1n) is 11.7. The number of aromatic nitrogens is 1. The van der Waals surface area contributed by atoms with Gasteiger partial charge >= 0.3 is 0 Å². The highest BCUT2D eigenvalue weighted by atomic mass is 14.7. The highest BCUT2D eigenvalue weighted by molar-refractivity contribution is 6.07. The highest BCUT2D eigenvalue weighted by Gasteiger charge is 2.10. The van der Waals surface area contributed by atoms with Crippen molar-refractivity contribution >= 4 is 28.8 Å². The maximum atomic E-state index is 8.68. The number of allylic oxidation sites excluding steroid dienone is 5. The molecule has 0 saturated carbocycles. The third kappa shape index (κ3) is 5.59. The second-order valence-electron chi connectivity index (χ2n) is 8.40. The Morgan fingerprint density at radius 2 is 1.71 bits per heavy atom. The van der Waals surface area contributed by atoms with Gasteiger partial charge in [-0.15, -0.1) is 0 Å². The summed E-state index contributed by atoms with van der Waals surface area (Å²) in [7, 11) is 0. The molecule has 4 rings (SSSR count). The summed E-state index contributed by atoms with van der Waals surface area (Å²) in [4.78, 5) is 8.48. The Labute approximate surface area is 207 Å². The first kappa shape index (κ1) is 23.8. The van der Waals surface area contributed by atoms with Gasteiger partial charge in [-0.3, -0.25) is 9.98 Å². The van der Waals surface area contributed by atoms with E-state index < -0.39 is 0 Å². The van der Waals surface area contributed by atoms with E-state index in [2.05, 4.69) is 90.4 Å². The van der Waals surface area contributed by atoms with E-state index in [4.69, 9.17) is 5.41 Å². The summed E-state index contributed by atoms with van der Waals surface area (Å²) in [5.41, 5.74) is 6.43. The van der Waals surface area contributed by atoms with Crippen LogP contribution in [0.5, 0.6) is 0 Å². The van der Waals surface area contributed by atoms with Crippen LogP contribution in [0, 0.1) is 11.3 Å². The van der Waals surface area contributed by atoms with Crippen LogP contribution in [0.4, 0.5) is 0 Å². The lowest BCUT2D eigenvalue weighted by atomic mass is 9.96. The molecule has 4 aromatic rings. The van der Waals surface area contributed by atoms with Gasteiger partial charge in [0.25, 0.3) is 0 Å². The Balaban J connectivity index is 1.59. The van der Waals surface area contributed by atoms with Gasteiger partial charge in [-0.1, -0.05) is 97.9 Å². The maximum Gasteiger partial charge on any atom is 0.0630 e. The molecule has 0 saturated heterocycles. The number of benzene rings is 3. The molecule has 0 spiro atoms. The van der Waals surface area contributed by atoms with Crippen molar-refractivity contribution in [1.29, 1.82) is 5.41 Å².